The zero-order chi connectivity index (χ0) is 16.5. The number of amides is 1. The molecule has 1 fully saturated rings. The Kier molecular flexibility index (Phi) is 3.81. The Bertz CT molecular complexity index is 760. The molecule has 0 saturated carbocycles. The highest BCUT2D eigenvalue weighted by molar-refractivity contribution is 5.95. The number of nitrogens with zero attached hydrogens (tertiary/aromatic N) is 3. The molecule has 2 aliphatic rings. The van der Waals surface area contributed by atoms with Crippen LogP contribution in [0.25, 0.3) is 0 Å². The summed E-state index contributed by atoms with van der Waals surface area (Å²) in [5.74, 6) is 1.96. The predicted octanol–water partition coefficient (Wildman–Crippen LogP) is 1.36. The number of carbonyl (C=O) groups is 1. The number of aryl methyl sites for hydroxylation is 1. The average Bonchev–Trinajstić information content (AvgIpc) is 3.07. The molecule has 8 heteroatoms. The summed E-state index contributed by atoms with van der Waals surface area (Å²) in [4.78, 5) is 14.7. The maximum Gasteiger partial charge on any atom is 0.254 e. The standard InChI is InChI=1S/C16H17N3O5/c1-10-17-18-15(24-10)12-9-21-5-4-19(12)16(20)11-2-3-13-14(8-11)23-7-6-22-13/h2-3,8,12H,4-7,9H2,1H3/t12-/m0/s1. The Morgan fingerprint density at radius 1 is 1.17 bits per heavy atom. The number of carbonyl (C=O) groups excluding carboxylic acids is 1. The molecule has 4 rings (SSSR count). The maximum absolute atomic E-state index is 13.0. The van der Waals surface area contributed by atoms with E-state index in [9.17, 15) is 4.79 Å². The fourth-order valence-electron chi connectivity index (χ4n) is 2.84. The van der Waals surface area contributed by atoms with Crippen molar-refractivity contribution in [2.24, 2.45) is 0 Å². The molecule has 2 aromatic rings. The van der Waals surface area contributed by atoms with Gasteiger partial charge in [0.2, 0.25) is 11.8 Å². The highest BCUT2D eigenvalue weighted by Gasteiger charge is 2.33. The first-order valence-electron chi connectivity index (χ1n) is 7.81. The van der Waals surface area contributed by atoms with Gasteiger partial charge in [0, 0.05) is 19.0 Å². The lowest BCUT2D eigenvalue weighted by Crippen LogP contribution is -2.43. The summed E-state index contributed by atoms with van der Waals surface area (Å²) in [6.07, 6.45) is 0. The van der Waals surface area contributed by atoms with Gasteiger partial charge in [-0.1, -0.05) is 0 Å². The largest absolute Gasteiger partial charge is 0.486 e. The first-order chi connectivity index (χ1) is 11.7. The number of fused-ring (bicyclic) bond motifs is 1. The fraction of sp³-hybridized carbons (Fsp3) is 0.438. The molecule has 2 aliphatic heterocycles. The summed E-state index contributed by atoms with van der Waals surface area (Å²) >= 11 is 0. The van der Waals surface area contributed by atoms with Gasteiger partial charge in [-0.3, -0.25) is 4.79 Å². The van der Waals surface area contributed by atoms with E-state index in [2.05, 4.69) is 10.2 Å². The van der Waals surface area contributed by atoms with Crippen LogP contribution in [0.4, 0.5) is 0 Å². The van der Waals surface area contributed by atoms with Crippen molar-refractivity contribution in [1.29, 1.82) is 0 Å². The first kappa shape index (κ1) is 14.9. The number of rotatable bonds is 2. The van der Waals surface area contributed by atoms with Crippen LogP contribution in [0.5, 0.6) is 11.5 Å². The lowest BCUT2D eigenvalue weighted by Gasteiger charge is -2.33. The van der Waals surface area contributed by atoms with Crippen molar-refractivity contribution in [2.75, 3.05) is 33.0 Å². The van der Waals surface area contributed by atoms with Gasteiger partial charge < -0.3 is 23.5 Å². The van der Waals surface area contributed by atoms with E-state index in [4.69, 9.17) is 18.6 Å². The minimum Gasteiger partial charge on any atom is -0.486 e. The van der Waals surface area contributed by atoms with Crippen LogP contribution in [0.15, 0.2) is 22.6 Å². The highest BCUT2D eigenvalue weighted by atomic mass is 16.6. The van der Waals surface area contributed by atoms with Crippen LogP contribution in [0.2, 0.25) is 0 Å². The third kappa shape index (κ3) is 2.69. The van der Waals surface area contributed by atoms with Crippen LogP contribution in [0.1, 0.15) is 28.2 Å². The quantitative estimate of drug-likeness (QED) is 0.821. The Morgan fingerprint density at radius 2 is 2.00 bits per heavy atom. The molecule has 1 amide bonds. The maximum atomic E-state index is 13.0. The normalized spacial score (nSPS) is 20.0. The van der Waals surface area contributed by atoms with Crippen molar-refractivity contribution in [3.63, 3.8) is 0 Å². The lowest BCUT2D eigenvalue weighted by molar-refractivity contribution is -0.0106. The van der Waals surface area contributed by atoms with Gasteiger partial charge in [0.05, 0.1) is 13.2 Å². The van der Waals surface area contributed by atoms with E-state index >= 15 is 0 Å². The van der Waals surface area contributed by atoms with Gasteiger partial charge in [0.1, 0.15) is 19.3 Å². The topological polar surface area (TPSA) is 86.9 Å². The van der Waals surface area contributed by atoms with E-state index in [-0.39, 0.29) is 11.9 Å². The second kappa shape index (κ2) is 6.12. The second-order valence-corrected chi connectivity index (χ2v) is 5.61. The third-order valence-electron chi connectivity index (χ3n) is 4.01. The third-order valence-corrected chi connectivity index (χ3v) is 4.01. The van der Waals surface area contributed by atoms with Gasteiger partial charge in [-0.05, 0) is 18.2 Å². The van der Waals surface area contributed by atoms with Gasteiger partial charge in [0.15, 0.2) is 11.5 Å². The molecule has 0 N–H and O–H groups in total. The van der Waals surface area contributed by atoms with Crippen LogP contribution in [-0.4, -0.2) is 54.0 Å². The van der Waals surface area contributed by atoms with Gasteiger partial charge in [-0.2, -0.15) is 0 Å². The molecule has 1 aromatic carbocycles. The van der Waals surface area contributed by atoms with E-state index in [1.165, 1.54) is 0 Å². The summed E-state index contributed by atoms with van der Waals surface area (Å²) in [6.45, 7) is 3.97. The van der Waals surface area contributed by atoms with Gasteiger partial charge in [-0.15, -0.1) is 10.2 Å². The van der Waals surface area contributed by atoms with Crippen molar-refractivity contribution in [3.8, 4) is 11.5 Å². The summed E-state index contributed by atoms with van der Waals surface area (Å²) in [5.41, 5.74) is 0.530. The molecule has 0 aliphatic carbocycles. The summed E-state index contributed by atoms with van der Waals surface area (Å²) in [5, 5.41) is 7.87. The average molecular weight is 331 g/mol. The van der Waals surface area contributed by atoms with Crippen LogP contribution in [0.3, 0.4) is 0 Å². The second-order valence-electron chi connectivity index (χ2n) is 5.61. The lowest BCUT2D eigenvalue weighted by atomic mass is 10.1. The molecule has 1 atom stereocenters. The Labute approximate surface area is 138 Å². The van der Waals surface area contributed by atoms with Crippen molar-refractivity contribution in [3.05, 3.63) is 35.5 Å². The van der Waals surface area contributed by atoms with Gasteiger partial charge in [0.25, 0.3) is 5.91 Å². The number of morpholine rings is 1. The van der Waals surface area contributed by atoms with Crippen LogP contribution in [0, 0.1) is 6.92 Å². The van der Waals surface area contributed by atoms with Crippen molar-refractivity contribution in [1.82, 2.24) is 15.1 Å². The molecule has 0 bridgehead atoms. The molecule has 126 valence electrons. The summed E-state index contributed by atoms with van der Waals surface area (Å²) in [7, 11) is 0. The number of hydrogen-bond donors (Lipinski definition) is 0. The number of benzene rings is 1. The monoisotopic (exact) mass is 331 g/mol. The molecular weight excluding hydrogens is 314 g/mol. The predicted molar refractivity (Wildman–Crippen MR) is 81.1 cm³/mol. The molecule has 3 heterocycles. The molecule has 1 saturated heterocycles. The van der Waals surface area contributed by atoms with E-state index in [1.54, 1.807) is 30.0 Å². The fourth-order valence-corrected chi connectivity index (χ4v) is 2.84. The minimum atomic E-state index is -0.388. The van der Waals surface area contributed by atoms with E-state index in [0.29, 0.717) is 61.8 Å². The van der Waals surface area contributed by atoms with Crippen LogP contribution >= 0.6 is 0 Å². The molecule has 8 nitrogen and oxygen atoms in total. The first-order valence-corrected chi connectivity index (χ1v) is 7.81. The Balaban J connectivity index is 1.62. The molecule has 24 heavy (non-hydrogen) atoms. The van der Waals surface area contributed by atoms with Gasteiger partial charge >= 0.3 is 0 Å². The van der Waals surface area contributed by atoms with E-state index < -0.39 is 0 Å². The molecular formula is C16H17N3O5. The van der Waals surface area contributed by atoms with Crippen LogP contribution in [-0.2, 0) is 4.74 Å². The summed E-state index contributed by atoms with van der Waals surface area (Å²) in [6, 6.07) is 4.82. The van der Waals surface area contributed by atoms with E-state index in [1.807, 2.05) is 0 Å². The van der Waals surface area contributed by atoms with Crippen LogP contribution < -0.4 is 9.47 Å². The molecule has 0 spiro atoms. The van der Waals surface area contributed by atoms with Crippen molar-refractivity contribution >= 4 is 5.91 Å². The van der Waals surface area contributed by atoms with Gasteiger partial charge in [-0.25, -0.2) is 0 Å². The molecule has 0 unspecified atom stereocenters. The SMILES string of the molecule is Cc1nnc([C@@H]2COCCN2C(=O)c2ccc3c(c2)OCCO3)o1. The number of ether oxygens (including phenoxy) is 3. The smallest absolute Gasteiger partial charge is 0.254 e. The minimum absolute atomic E-state index is 0.129. The zero-order valence-electron chi connectivity index (χ0n) is 13.2. The number of aromatic nitrogens is 2. The zero-order valence-corrected chi connectivity index (χ0v) is 13.2. The Hall–Kier alpha value is -2.61. The van der Waals surface area contributed by atoms with Crippen molar-refractivity contribution < 1.29 is 23.4 Å². The molecule has 0 radical (unpaired) electrons. The van der Waals surface area contributed by atoms with E-state index in [0.717, 1.165) is 0 Å². The summed E-state index contributed by atoms with van der Waals surface area (Å²) < 4.78 is 22.0. The van der Waals surface area contributed by atoms with Crippen molar-refractivity contribution in [2.45, 2.75) is 13.0 Å². The molecule has 1 aromatic heterocycles. The Morgan fingerprint density at radius 3 is 2.79 bits per heavy atom. The number of hydrogen-bond acceptors (Lipinski definition) is 7. The highest BCUT2D eigenvalue weighted by Crippen LogP contribution is 2.32.